The maximum atomic E-state index is 12.3. The second-order valence-corrected chi connectivity index (χ2v) is 5.09. The zero-order valence-electron chi connectivity index (χ0n) is 8.69. The van der Waals surface area contributed by atoms with Crippen LogP contribution in [0.5, 0.6) is 0 Å². The fourth-order valence-electron chi connectivity index (χ4n) is 0.901. The molecule has 0 spiro atoms. The summed E-state index contributed by atoms with van der Waals surface area (Å²) in [5.74, 6) is -4.28. The summed E-state index contributed by atoms with van der Waals surface area (Å²) >= 11 is 1.74. The third-order valence-corrected chi connectivity index (χ3v) is 3.80. The smallest absolute Gasteiger partial charge is 0.403 e. The van der Waals surface area contributed by atoms with Crippen LogP contribution in [0.4, 0.5) is 13.2 Å². The van der Waals surface area contributed by atoms with Crippen molar-refractivity contribution < 1.29 is 23.1 Å². The van der Waals surface area contributed by atoms with Crippen LogP contribution in [0.2, 0.25) is 0 Å². The predicted octanol–water partition coefficient (Wildman–Crippen LogP) is 2.46. The Labute approximate surface area is 103 Å². The van der Waals surface area contributed by atoms with E-state index in [-0.39, 0.29) is 0 Å². The molecule has 96 valence electrons. The molecule has 1 aromatic heterocycles. The minimum atomic E-state index is -4.74. The summed E-state index contributed by atoms with van der Waals surface area (Å²) in [4.78, 5) is 14.4. The van der Waals surface area contributed by atoms with E-state index < -0.39 is 23.8 Å². The van der Waals surface area contributed by atoms with Gasteiger partial charge in [-0.05, 0) is 11.5 Å². The number of rotatable bonds is 5. The van der Waals surface area contributed by atoms with Crippen molar-refractivity contribution in [3.8, 4) is 0 Å². The number of nitrogens with zero attached hydrogens (tertiary/aromatic N) is 2. The Bertz CT molecular complexity index is 394. The van der Waals surface area contributed by atoms with Crippen molar-refractivity contribution in [1.29, 1.82) is 0 Å². The zero-order chi connectivity index (χ0) is 13.1. The van der Waals surface area contributed by atoms with Crippen molar-refractivity contribution in [3.63, 3.8) is 0 Å². The first-order chi connectivity index (χ1) is 7.84. The standard InChI is InChI=1S/C8H9F3N2O2S2/c1-2-5-12-7(17-13-5)16-3-4(6(14)15)8(9,10)11/h4H,2-3H2,1H3,(H,14,15). The molecular weight excluding hydrogens is 277 g/mol. The Kier molecular flexibility index (Phi) is 4.75. The molecule has 0 aliphatic heterocycles. The van der Waals surface area contributed by atoms with E-state index in [0.29, 0.717) is 16.6 Å². The van der Waals surface area contributed by atoms with Gasteiger partial charge in [0.15, 0.2) is 10.3 Å². The minimum Gasteiger partial charge on any atom is -0.481 e. The molecule has 1 unspecified atom stereocenters. The quantitative estimate of drug-likeness (QED) is 0.842. The Balaban J connectivity index is 2.61. The molecular formula is C8H9F3N2O2S2. The highest BCUT2D eigenvalue weighted by molar-refractivity contribution is 8.00. The minimum absolute atomic E-state index is 0.359. The lowest BCUT2D eigenvalue weighted by atomic mass is 10.2. The first-order valence-corrected chi connectivity index (χ1v) is 6.35. The van der Waals surface area contributed by atoms with Crippen molar-refractivity contribution in [2.75, 3.05) is 5.75 Å². The second-order valence-electron chi connectivity index (χ2n) is 3.07. The molecule has 0 fully saturated rings. The van der Waals surface area contributed by atoms with E-state index in [1.807, 2.05) is 6.92 Å². The number of carboxylic acid groups (broad SMARTS) is 1. The molecule has 1 heterocycles. The van der Waals surface area contributed by atoms with Crippen LogP contribution in [0.1, 0.15) is 12.7 Å². The fraction of sp³-hybridized carbons (Fsp3) is 0.625. The van der Waals surface area contributed by atoms with Gasteiger partial charge in [-0.25, -0.2) is 4.98 Å². The second kappa shape index (κ2) is 5.67. The molecule has 17 heavy (non-hydrogen) atoms. The van der Waals surface area contributed by atoms with Crippen LogP contribution in [0.15, 0.2) is 4.34 Å². The van der Waals surface area contributed by atoms with Gasteiger partial charge in [-0.15, -0.1) is 0 Å². The summed E-state index contributed by atoms with van der Waals surface area (Å²) in [6, 6.07) is 0. The van der Waals surface area contributed by atoms with E-state index in [0.717, 1.165) is 23.3 Å². The highest BCUT2D eigenvalue weighted by Gasteiger charge is 2.45. The molecule has 0 aliphatic rings. The molecule has 0 aromatic carbocycles. The van der Waals surface area contributed by atoms with Crippen LogP contribution in [0.3, 0.4) is 0 Å². The lowest BCUT2D eigenvalue weighted by Gasteiger charge is -2.14. The normalized spacial score (nSPS) is 13.6. The van der Waals surface area contributed by atoms with Crippen LogP contribution in [-0.2, 0) is 11.2 Å². The SMILES string of the molecule is CCc1nsc(SCC(C(=O)O)C(F)(F)F)n1. The number of thioether (sulfide) groups is 1. The van der Waals surface area contributed by atoms with Gasteiger partial charge in [0, 0.05) is 12.2 Å². The third kappa shape index (κ3) is 4.15. The Morgan fingerprint density at radius 1 is 1.59 bits per heavy atom. The van der Waals surface area contributed by atoms with Crippen LogP contribution in [0.25, 0.3) is 0 Å². The van der Waals surface area contributed by atoms with Gasteiger partial charge in [0.2, 0.25) is 0 Å². The van der Waals surface area contributed by atoms with Crippen LogP contribution >= 0.6 is 23.3 Å². The number of aryl methyl sites for hydroxylation is 1. The first kappa shape index (κ1) is 14.2. The van der Waals surface area contributed by atoms with Gasteiger partial charge in [0.05, 0.1) is 0 Å². The van der Waals surface area contributed by atoms with Crippen LogP contribution < -0.4 is 0 Å². The van der Waals surface area contributed by atoms with Gasteiger partial charge < -0.3 is 5.11 Å². The summed E-state index contributed by atoms with van der Waals surface area (Å²) in [5, 5.41) is 8.47. The van der Waals surface area contributed by atoms with Crippen molar-refractivity contribution in [3.05, 3.63) is 5.82 Å². The monoisotopic (exact) mass is 286 g/mol. The molecule has 0 amide bonds. The maximum Gasteiger partial charge on any atom is 0.403 e. The van der Waals surface area contributed by atoms with E-state index in [4.69, 9.17) is 5.11 Å². The lowest BCUT2D eigenvalue weighted by molar-refractivity contribution is -0.188. The predicted molar refractivity (Wildman–Crippen MR) is 57.2 cm³/mol. The fourth-order valence-corrected chi connectivity index (χ4v) is 2.74. The number of aliphatic carboxylic acids is 1. The number of hydrogen-bond acceptors (Lipinski definition) is 5. The van der Waals surface area contributed by atoms with Crippen molar-refractivity contribution in [1.82, 2.24) is 9.36 Å². The summed E-state index contributed by atoms with van der Waals surface area (Å²) in [6.45, 7) is 1.83. The summed E-state index contributed by atoms with van der Waals surface area (Å²) < 4.78 is 41.2. The molecule has 0 saturated heterocycles. The van der Waals surface area contributed by atoms with Crippen molar-refractivity contribution in [2.45, 2.75) is 23.9 Å². The van der Waals surface area contributed by atoms with E-state index in [1.54, 1.807) is 0 Å². The highest BCUT2D eigenvalue weighted by atomic mass is 32.2. The average Bonchev–Trinajstić information content (AvgIpc) is 2.63. The molecule has 0 radical (unpaired) electrons. The van der Waals surface area contributed by atoms with E-state index >= 15 is 0 Å². The molecule has 1 N–H and O–H groups in total. The zero-order valence-corrected chi connectivity index (χ0v) is 10.3. The van der Waals surface area contributed by atoms with Crippen molar-refractivity contribution >= 4 is 29.3 Å². The van der Waals surface area contributed by atoms with E-state index in [9.17, 15) is 18.0 Å². The Hall–Kier alpha value is -0.830. The number of hydrogen-bond donors (Lipinski definition) is 1. The van der Waals surface area contributed by atoms with E-state index in [2.05, 4.69) is 9.36 Å². The highest BCUT2D eigenvalue weighted by Crippen LogP contribution is 2.32. The molecule has 1 aromatic rings. The topological polar surface area (TPSA) is 63.1 Å². The molecule has 4 nitrogen and oxygen atoms in total. The van der Waals surface area contributed by atoms with Gasteiger partial charge in [-0.3, -0.25) is 4.79 Å². The van der Waals surface area contributed by atoms with Crippen molar-refractivity contribution in [2.24, 2.45) is 5.92 Å². The van der Waals surface area contributed by atoms with Crippen LogP contribution in [0, 0.1) is 5.92 Å². The maximum absolute atomic E-state index is 12.3. The average molecular weight is 286 g/mol. The largest absolute Gasteiger partial charge is 0.481 e. The molecule has 0 saturated carbocycles. The first-order valence-electron chi connectivity index (χ1n) is 4.59. The number of carbonyl (C=O) groups is 1. The molecule has 0 bridgehead atoms. The van der Waals surface area contributed by atoms with Crippen LogP contribution in [-0.4, -0.2) is 32.4 Å². The number of alkyl halides is 3. The summed E-state index contributed by atoms with van der Waals surface area (Å²) in [6.07, 6.45) is -4.14. The summed E-state index contributed by atoms with van der Waals surface area (Å²) in [5.41, 5.74) is 0. The third-order valence-electron chi connectivity index (χ3n) is 1.83. The Morgan fingerprint density at radius 3 is 2.65 bits per heavy atom. The van der Waals surface area contributed by atoms with Gasteiger partial charge in [0.25, 0.3) is 0 Å². The number of carboxylic acids is 1. The van der Waals surface area contributed by atoms with Gasteiger partial charge in [0.1, 0.15) is 5.82 Å². The Morgan fingerprint density at radius 2 is 2.24 bits per heavy atom. The summed E-state index contributed by atoms with van der Waals surface area (Å²) in [7, 11) is 0. The molecule has 1 rings (SSSR count). The lowest BCUT2D eigenvalue weighted by Crippen LogP contribution is -2.32. The van der Waals surface area contributed by atoms with Gasteiger partial charge in [-0.2, -0.15) is 17.5 Å². The molecule has 9 heteroatoms. The van der Waals surface area contributed by atoms with E-state index in [1.165, 1.54) is 0 Å². The number of aromatic nitrogens is 2. The van der Waals surface area contributed by atoms with Gasteiger partial charge >= 0.3 is 12.1 Å². The molecule has 1 atom stereocenters. The number of halogens is 3. The van der Waals surface area contributed by atoms with Gasteiger partial charge in [-0.1, -0.05) is 18.7 Å². The molecule has 0 aliphatic carbocycles.